The van der Waals surface area contributed by atoms with E-state index in [1.165, 1.54) is 24.3 Å². The summed E-state index contributed by atoms with van der Waals surface area (Å²) in [6.45, 7) is 4.76. The zero-order chi connectivity index (χ0) is 14.0. The highest BCUT2D eigenvalue weighted by Crippen LogP contribution is 2.25. The molecule has 0 aliphatic carbocycles. The second kappa shape index (κ2) is 5.10. The van der Waals surface area contributed by atoms with Crippen molar-refractivity contribution in [2.45, 2.75) is 38.5 Å². The summed E-state index contributed by atoms with van der Waals surface area (Å²) < 4.78 is 38.7. The number of hydrogen-bond donors (Lipinski definition) is 1. The second-order valence-corrected chi connectivity index (χ2v) is 5.10. The van der Waals surface area contributed by atoms with Crippen molar-refractivity contribution in [2.24, 2.45) is 0 Å². The Morgan fingerprint density at radius 1 is 1.11 bits per heavy atom. The van der Waals surface area contributed by atoms with Gasteiger partial charge in [-0.3, -0.25) is 10.1 Å². The summed E-state index contributed by atoms with van der Waals surface area (Å²) in [5, 5.41) is 2.32. The molecule has 5 heteroatoms. The fourth-order valence-electron chi connectivity index (χ4n) is 1.50. The third-order valence-electron chi connectivity index (χ3n) is 2.23. The van der Waals surface area contributed by atoms with Gasteiger partial charge in [0, 0.05) is 11.1 Å². The summed E-state index contributed by atoms with van der Waals surface area (Å²) in [5.41, 5.74) is -0.749. The van der Waals surface area contributed by atoms with E-state index < -0.39 is 23.5 Å². The lowest BCUT2D eigenvalue weighted by atomic mass is 10.00. The quantitative estimate of drug-likeness (QED) is 0.845. The molecule has 1 aromatic rings. The number of Topliss-reactive ketones (excluding diaryl/α,β-unsaturated/α-hetero) is 1. The normalized spacial score (nSPS) is 14.3. The first kappa shape index (κ1) is 14.7. The smallest absolute Gasteiger partial charge is 0.295 e. The summed E-state index contributed by atoms with van der Waals surface area (Å²) in [6, 6.07) is 5.31. The molecular formula is C13H16F3NO. The minimum Gasteiger partial charge on any atom is -0.295 e. The largest absolute Gasteiger partial charge is 0.411 e. The van der Waals surface area contributed by atoms with Crippen molar-refractivity contribution >= 4 is 5.78 Å². The van der Waals surface area contributed by atoms with Crippen molar-refractivity contribution < 1.29 is 18.0 Å². The van der Waals surface area contributed by atoms with Crippen molar-refractivity contribution in [3.63, 3.8) is 0 Å². The molecule has 0 radical (unpaired) electrons. The van der Waals surface area contributed by atoms with Crippen molar-refractivity contribution in [2.75, 3.05) is 0 Å². The number of benzene rings is 1. The Morgan fingerprint density at radius 3 is 2.00 bits per heavy atom. The number of carbonyl (C=O) groups excluding carboxylic acids is 1. The van der Waals surface area contributed by atoms with Gasteiger partial charge in [0.25, 0.3) is 0 Å². The molecule has 1 atom stereocenters. The number of carbonyl (C=O) groups is 1. The number of rotatable bonds is 3. The van der Waals surface area contributed by atoms with Crippen molar-refractivity contribution in [1.82, 2.24) is 5.32 Å². The summed E-state index contributed by atoms with van der Waals surface area (Å²) in [5.74, 6) is -0.960. The van der Waals surface area contributed by atoms with Crippen molar-refractivity contribution in [3.8, 4) is 0 Å². The van der Waals surface area contributed by atoms with Crippen molar-refractivity contribution in [3.05, 3.63) is 35.9 Å². The van der Waals surface area contributed by atoms with E-state index in [0.717, 1.165) is 0 Å². The Balaban J connectivity index is 3.02. The van der Waals surface area contributed by atoms with Gasteiger partial charge in [0.2, 0.25) is 0 Å². The number of halogens is 3. The maximum absolute atomic E-state index is 12.9. The molecule has 1 rings (SSSR count). The Hall–Kier alpha value is -1.36. The Morgan fingerprint density at radius 2 is 1.61 bits per heavy atom. The molecule has 1 N–H and O–H groups in total. The number of hydrogen-bond acceptors (Lipinski definition) is 2. The minimum atomic E-state index is -4.61. The molecular weight excluding hydrogens is 243 g/mol. The zero-order valence-electron chi connectivity index (χ0n) is 10.5. The van der Waals surface area contributed by atoms with Crippen LogP contribution in [-0.4, -0.2) is 23.5 Å². The van der Waals surface area contributed by atoms with Crippen LogP contribution in [0.4, 0.5) is 13.2 Å². The highest BCUT2D eigenvalue weighted by molar-refractivity contribution is 6.00. The second-order valence-electron chi connectivity index (χ2n) is 5.10. The predicted octanol–water partition coefficient (Wildman–Crippen LogP) is 3.19. The van der Waals surface area contributed by atoms with Crippen LogP contribution in [0, 0.1) is 0 Å². The maximum atomic E-state index is 12.9. The molecule has 0 saturated heterocycles. The lowest BCUT2D eigenvalue weighted by Gasteiger charge is -2.29. The summed E-state index contributed by atoms with van der Waals surface area (Å²) >= 11 is 0. The maximum Gasteiger partial charge on any atom is 0.411 e. The van der Waals surface area contributed by atoms with Gasteiger partial charge in [-0.15, -0.1) is 0 Å². The molecule has 0 saturated carbocycles. The average molecular weight is 259 g/mol. The monoisotopic (exact) mass is 259 g/mol. The molecule has 1 unspecified atom stereocenters. The average Bonchev–Trinajstić information content (AvgIpc) is 2.24. The van der Waals surface area contributed by atoms with E-state index in [-0.39, 0.29) is 5.56 Å². The van der Waals surface area contributed by atoms with E-state index in [0.29, 0.717) is 0 Å². The topological polar surface area (TPSA) is 29.1 Å². The van der Waals surface area contributed by atoms with Gasteiger partial charge < -0.3 is 0 Å². The Kier molecular flexibility index (Phi) is 4.16. The van der Waals surface area contributed by atoms with Crippen LogP contribution in [-0.2, 0) is 0 Å². The van der Waals surface area contributed by atoms with E-state index in [4.69, 9.17) is 0 Å². The standard InChI is InChI=1S/C13H16F3NO/c1-12(2,3)17-11(13(14,15)16)10(18)9-7-5-4-6-8-9/h4-8,11,17H,1-3H3. The molecule has 0 aliphatic heterocycles. The van der Waals surface area contributed by atoms with Crippen LogP contribution in [0.25, 0.3) is 0 Å². The first-order valence-electron chi connectivity index (χ1n) is 5.55. The molecule has 2 nitrogen and oxygen atoms in total. The molecule has 0 bridgehead atoms. The van der Waals surface area contributed by atoms with Gasteiger partial charge in [0.05, 0.1) is 0 Å². The summed E-state index contributed by atoms with van der Waals surface area (Å²) in [6.07, 6.45) is -4.61. The van der Waals surface area contributed by atoms with E-state index in [1.807, 2.05) is 0 Å². The van der Waals surface area contributed by atoms with Gasteiger partial charge in [0.15, 0.2) is 11.8 Å². The van der Waals surface area contributed by atoms with Gasteiger partial charge in [-0.1, -0.05) is 30.3 Å². The van der Waals surface area contributed by atoms with Gasteiger partial charge in [-0.25, -0.2) is 0 Å². The van der Waals surface area contributed by atoms with Gasteiger partial charge in [0.1, 0.15) is 0 Å². The predicted molar refractivity (Wildman–Crippen MR) is 63.5 cm³/mol. The van der Waals surface area contributed by atoms with Crippen LogP contribution in [0.5, 0.6) is 0 Å². The number of ketones is 1. The molecule has 1 aromatic carbocycles. The summed E-state index contributed by atoms with van der Waals surface area (Å²) in [4.78, 5) is 11.9. The van der Waals surface area contributed by atoms with Crippen molar-refractivity contribution in [1.29, 1.82) is 0 Å². The Labute approximate surface area is 104 Å². The van der Waals surface area contributed by atoms with Crippen LogP contribution in [0.3, 0.4) is 0 Å². The first-order valence-corrected chi connectivity index (χ1v) is 5.55. The number of alkyl halides is 3. The minimum absolute atomic E-state index is 0.0524. The molecule has 0 aromatic heterocycles. The fourth-order valence-corrected chi connectivity index (χ4v) is 1.50. The highest BCUT2D eigenvalue weighted by atomic mass is 19.4. The van der Waals surface area contributed by atoms with Crippen LogP contribution in [0.1, 0.15) is 31.1 Å². The molecule has 0 aliphatic rings. The van der Waals surface area contributed by atoms with Crippen LogP contribution < -0.4 is 5.32 Å². The lowest BCUT2D eigenvalue weighted by Crippen LogP contribution is -2.55. The molecule has 18 heavy (non-hydrogen) atoms. The van der Waals surface area contributed by atoms with Gasteiger partial charge >= 0.3 is 6.18 Å². The third kappa shape index (κ3) is 4.14. The summed E-state index contributed by atoms with van der Waals surface area (Å²) in [7, 11) is 0. The molecule has 0 amide bonds. The van der Waals surface area contributed by atoms with Crippen LogP contribution in [0.15, 0.2) is 30.3 Å². The molecule has 100 valence electrons. The molecule has 0 spiro atoms. The third-order valence-corrected chi connectivity index (χ3v) is 2.23. The zero-order valence-corrected chi connectivity index (χ0v) is 10.5. The van der Waals surface area contributed by atoms with Gasteiger partial charge in [-0.2, -0.15) is 13.2 Å². The first-order chi connectivity index (χ1) is 8.11. The lowest BCUT2D eigenvalue weighted by molar-refractivity contribution is -0.147. The van der Waals surface area contributed by atoms with E-state index in [2.05, 4.69) is 5.32 Å². The van der Waals surface area contributed by atoms with Gasteiger partial charge in [-0.05, 0) is 20.8 Å². The Bertz CT molecular complexity index is 406. The fraction of sp³-hybridized carbons (Fsp3) is 0.462. The van der Waals surface area contributed by atoms with E-state index in [9.17, 15) is 18.0 Å². The SMILES string of the molecule is CC(C)(C)NC(C(=O)c1ccccc1)C(F)(F)F. The van der Waals surface area contributed by atoms with E-state index in [1.54, 1.807) is 26.8 Å². The number of nitrogens with one attached hydrogen (secondary N) is 1. The highest BCUT2D eigenvalue weighted by Gasteiger charge is 2.46. The molecule has 0 heterocycles. The van der Waals surface area contributed by atoms with Crippen LogP contribution >= 0.6 is 0 Å². The molecule has 0 fully saturated rings. The van der Waals surface area contributed by atoms with Crippen LogP contribution in [0.2, 0.25) is 0 Å². The van der Waals surface area contributed by atoms with E-state index >= 15 is 0 Å².